The fraction of sp³-hybridized carbons (Fsp3) is 0.615. The molecule has 0 amide bonds. The van der Waals surface area contributed by atoms with Crippen LogP contribution in [0.2, 0.25) is 0 Å². The molecule has 0 spiro atoms. The van der Waals surface area contributed by atoms with Gasteiger partial charge in [-0.05, 0) is 25.8 Å². The third-order valence-electron chi connectivity index (χ3n) is 2.62. The first-order chi connectivity index (χ1) is 8.27. The van der Waals surface area contributed by atoms with Crippen LogP contribution in [0.4, 0.5) is 5.69 Å². The topological polar surface area (TPSA) is 54.4 Å². The zero-order valence-corrected chi connectivity index (χ0v) is 10.7. The van der Waals surface area contributed by atoms with Gasteiger partial charge in [-0.15, -0.1) is 0 Å². The predicted molar refractivity (Wildman–Crippen MR) is 69.6 cm³/mol. The van der Waals surface area contributed by atoms with E-state index in [9.17, 15) is 0 Å². The van der Waals surface area contributed by atoms with Gasteiger partial charge >= 0.3 is 0 Å². The van der Waals surface area contributed by atoms with Gasteiger partial charge in [-0.2, -0.15) is 0 Å². The van der Waals surface area contributed by atoms with Crippen molar-refractivity contribution in [3.05, 3.63) is 18.0 Å². The molecular formula is C13H22N2O2. The second kappa shape index (κ2) is 7.90. The number of hydrogen-bond acceptors (Lipinski definition) is 4. The second-order valence-electron chi connectivity index (χ2n) is 4.09. The highest BCUT2D eigenvalue weighted by atomic mass is 16.5. The van der Waals surface area contributed by atoms with Gasteiger partial charge in [0, 0.05) is 18.8 Å². The molecule has 0 aliphatic rings. The Morgan fingerprint density at radius 1 is 1.29 bits per heavy atom. The molecule has 4 nitrogen and oxygen atoms in total. The van der Waals surface area contributed by atoms with Crippen molar-refractivity contribution < 1.29 is 9.84 Å². The number of unbranched alkanes of at least 4 members (excludes halogenated alkanes) is 3. The summed E-state index contributed by atoms with van der Waals surface area (Å²) in [5, 5.41) is 12.0. The van der Waals surface area contributed by atoms with E-state index in [4.69, 9.17) is 9.84 Å². The number of aromatic nitrogens is 1. The maximum atomic E-state index is 8.66. The van der Waals surface area contributed by atoms with Gasteiger partial charge in [0.15, 0.2) is 5.75 Å². The van der Waals surface area contributed by atoms with Crippen LogP contribution < -0.4 is 10.1 Å². The normalized spacial score (nSPS) is 10.3. The maximum Gasteiger partial charge on any atom is 0.160 e. The van der Waals surface area contributed by atoms with Crippen molar-refractivity contribution in [1.82, 2.24) is 4.98 Å². The van der Waals surface area contributed by atoms with Gasteiger partial charge in [-0.25, -0.2) is 0 Å². The van der Waals surface area contributed by atoms with E-state index in [0.29, 0.717) is 6.61 Å². The van der Waals surface area contributed by atoms with Gasteiger partial charge in [0.2, 0.25) is 0 Å². The van der Waals surface area contributed by atoms with E-state index in [1.165, 1.54) is 0 Å². The van der Waals surface area contributed by atoms with Crippen LogP contribution in [-0.4, -0.2) is 30.4 Å². The fourth-order valence-electron chi connectivity index (χ4n) is 1.66. The summed E-state index contributed by atoms with van der Waals surface area (Å²) in [6, 6.07) is 1.99. The van der Waals surface area contributed by atoms with Crippen LogP contribution >= 0.6 is 0 Å². The molecule has 1 aromatic heterocycles. The standard InChI is InChI=1S/C13H22N2O2/c1-11-9-12(13(17-2)10-15-11)14-7-5-3-4-6-8-16/h9-10,16H,3-8H2,1-2H3,(H,14,15). The Bertz CT molecular complexity index is 329. The first-order valence-electron chi connectivity index (χ1n) is 6.13. The van der Waals surface area contributed by atoms with Gasteiger partial charge in [-0.1, -0.05) is 12.8 Å². The number of methoxy groups -OCH3 is 1. The van der Waals surface area contributed by atoms with Crippen molar-refractivity contribution in [3.63, 3.8) is 0 Å². The van der Waals surface area contributed by atoms with Crippen LogP contribution in [0.25, 0.3) is 0 Å². The summed E-state index contributed by atoms with van der Waals surface area (Å²) in [7, 11) is 1.65. The van der Waals surface area contributed by atoms with E-state index in [1.807, 2.05) is 13.0 Å². The molecule has 0 aliphatic carbocycles. The predicted octanol–water partition coefficient (Wildman–Crippen LogP) is 2.36. The molecule has 0 atom stereocenters. The minimum Gasteiger partial charge on any atom is -0.493 e. The molecule has 1 aromatic rings. The highest BCUT2D eigenvalue weighted by Crippen LogP contribution is 2.23. The number of nitrogens with zero attached hydrogens (tertiary/aromatic N) is 1. The van der Waals surface area contributed by atoms with E-state index in [2.05, 4.69) is 10.3 Å². The molecular weight excluding hydrogens is 216 g/mol. The van der Waals surface area contributed by atoms with Crippen LogP contribution in [0.3, 0.4) is 0 Å². The van der Waals surface area contributed by atoms with Crippen LogP contribution in [0.1, 0.15) is 31.4 Å². The molecule has 0 unspecified atom stereocenters. The molecule has 0 aromatic carbocycles. The molecule has 2 N–H and O–H groups in total. The van der Waals surface area contributed by atoms with Crippen molar-refractivity contribution >= 4 is 5.69 Å². The molecule has 0 saturated heterocycles. The number of rotatable bonds is 8. The number of aliphatic hydroxyl groups excluding tert-OH is 1. The molecule has 1 rings (SSSR count). The third-order valence-corrected chi connectivity index (χ3v) is 2.62. The van der Waals surface area contributed by atoms with Gasteiger partial charge < -0.3 is 15.2 Å². The lowest BCUT2D eigenvalue weighted by Gasteiger charge is -2.11. The van der Waals surface area contributed by atoms with E-state index in [-0.39, 0.29) is 0 Å². The molecule has 17 heavy (non-hydrogen) atoms. The summed E-state index contributed by atoms with van der Waals surface area (Å²) in [5.41, 5.74) is 1.98. The lowest BCUT2D eigenvalue weighted by atomic mass is 10.2. The number of aryl methyl sites for hydroxylation is 1. The Kier molecular flexibility index (Phi) is 6.40. The van der Waals surface area contributed by atoms with E-state index < -0.39 is 0 Å². The molecule has 0 aliphatic heterocycles. The first kappa shape index (κ1) is 13.8. The number of anilines is 1. The smallest absolute Gasteiger partial charge is 0.160 e. The van der Waals surface area contributed by atoms with Crippen LogP contribution in [0.15, 0.2) is 12.3 Å². The minimum atomic E-state index is 0.296. The first-order valence-corrected chi connectivity index (χ1v) is 6.13. The molecule has 0 fully saturated rings. The van der Waals surface area contributed by atoms with Crippen molar-refractivity contribution in [2.75, 3.05) is 25.6 Å². The number of aliphatic hydroxyl groups is 1. The Morgan fingerprint density at radius 2 is 2.06 bits per heavy atom. The third kappa shape index (κ3) is 5.04. The maximum absolute atomic E-state index is 8.66. The highest BCUT2D eigenvalue weighted by Gasteiger charge is 2.02. The van der Waals surface area contributed by atoms with Gasteiger partial charge in [0.05, 0.1) is 19.0 Å². The Labute approximate surface area is 103 Å². The zero-order chi connectivity index (χ0) is 12.5. The molecule has 0 saturated carbocycles. The Balaban J connectivity index is 2.32. The van der Waals surface area contributed by atoms with E-state index in [1.54, 1.807) is 13.3 Å². The van der Waals surface area contributed by atoms with Crippen molar-refractivity contribution in [1.29, 1.82) is 0 Å². The Morgan fingerprint density at radius 3 is 2.76 bits per heavy atom. The monoisotopic (exact) mass is 238 g/mol. The summed E-state index contributed by atoms with van der Waals surface area (Å²) in [6.45, 7) is 3.18. The molecule has 96 valence electrons. The summed E-state index contributed by atoms with van der Waals surface area (Å²) < 4.78 is 5.24. The number of pyridine rings is 1. The average Bonchev–Trinajstić information content (AvgIpc) is 2.34. The summed E-state index contributed by atoms with van der Waals surface area (Å²) >= 11 is 0. The number of hydrogen-bond donors (Lipinski definition) is 2. The Hall–Kier alpha value is -1.29. The number of nitrogens with one attached hydrogen (secondary N) is 1. The SMILES string of the molecule is COc1cnc(C)cc1NCCCCCCO. The summed E-state index contributed by atoms with van der Waals surface area (Å²) in [4.78, 5) is 4.19. The molecule has 0 bridgehead atoms. The lowest BCUT2D eigenvalue weighted by molar-refractivity contribution is 0.283. The van der Waals surface area contributed by atoms with Crippen molar-refractivity contribution in [3.8, 4) is 5.75 Å². The molecule has 4 heteroatoms. The van der Waals surface area contributed by atoms with Crippen LogP contribution in [0, 0.1) is 6.92 Å². The van der Waals surface area contributed by atoms with E-state index in [0.717, 1.165) is 49.4 Å². The second-order valence-corrected chi connectivity index (χ2v) is 4.09. The lowest BCUT2D eigenvalue weighted by Crippen LogP contribution is -2.04. The van der Waals surface area contributed by atoms with Crippen LogP contribution in [0.5, 0.6) is 5.75 Å². The zero-order valence-electron chi connectivity index (χ0n) is 10.7. The molecule has 0 radical (unpaired) electrons. The fourth-order valence-corrected chi connectivity index (χ4v) is 1.66. The van der Waals surface area contributed by atoms with Gasteiger partial charge in [-0.3, -0.25) is 4.98 Å². The minimum absolute atomic E-state index is 0.296. The summed E-state index contributed by atoms with van der Waals surface area (Å²) in [6.07, 6.45) is 5.97. The number of ether oxygens (including phenoxy) is 1. The quantitative estimate of drug-likeness (QED) is 0.683. The van der Waals surface area contributed by atoms with E-state index >= 15 is 0 Å². The van der Waals surface area contributed by atoms with Crippen LogP contribution in [-0.2, 0) is 0 Å². The average molecular weight is 238 g/mol. The van der Waals surface area contributed by atoms with Crippen molar-refractivity contribution in [2.24, 2.45) is 0 Å². The molecule has 1 heterocycles. The summed E-state index contributed by atoms with van der Waals surface area (Å²) in [5.74, 6) is 0.783. The van der Waals surface area contributed by atoms with Gasteiger partial charge in [0.1, 0.15) is 0 Å². The van der Waals surface area contributed by atoms with Crippen molar-refractivity contribution in [2.45, 2.75) is 32.6 Å². The largest absolute Gasteiger partial charge is 0.493 e. The highest BCUT2D eigenvalue weighted by molar-refractivity contribution is 5.55. The van der Waals surface area contributed by atoms with Gasteiger partial charge in [0.25, 0.3) is 0 Å².